The molecule has 9 nitrogen and oxygen atoms in total. The number of likely N-dealkylation sites (tertiary alicyclic amines) is 1. The monoisotopic (exact) mass is 579 g/mol. The predicted molar refractivity (Wildman–Crippen MR) is 127 cm³/mol. The van der Waals surface area contributed by atoms with Gasteiger partial charge >= 0.3 is 5.97 Å². The number of aromatic carboxylic acids is 1. The first-order valence-electron chi connectivity index (χ1n) is 10.1. The number of carbonyl (C=O) groups is 2. The zero-order chi connectivity index (χ0) is 23.8. The van der Waals surface area contributed by atoms with Gasteiger partial charge in [-0.1, -0.05) is 7.43 Å². The van der Waals surface area contributed by atoms with Gasteiger partial charge in [-0.05, 0) is 70.6 Å². The van der Waals surface area contributed by atoms with Crippen molar-refractivity contribution in [3.05, 3.63) is 45.4 Å². The van der Waals surface area contributed by atoms with Gasteiger partial charge in [-0.2, -0.15) is 0 Å². The van der Waals surface area contributed by atoms with Gasteiger partial charge in [0, 0.05) is 37.9 Å². The Kier molecular flexibility index (Phi) is 15.3. The molecule has 0 unspecified atom stereocenters. The topological polar surface area (TPSA) is 121 Å². The molecule has 4 rings (SSSR count). The normalized spacial score (nSPS) is 14.2. The van der Waals surface area contributed by atoms with E-state index >= 15 is 0 Å². The van der Waals surface area contributed by atoms with E-state index in [1.165, 1.54) is 38.3 Å². The number of carboxylic acids is 1. The number of hydrogen-bond donors (Lipinski definition) is 2. The second-order valence-corrected chi connectivity index (χ2v) is 8.04. The molecule has 0 radical (unpaired) electrons. The Balaban J connectivity index is 0.000000470. The van der Waals surface area contributed by atoms with Crippen molar-refractivity contribution in [1.29, 1.82) is 0 Å². The summed E-state index contributed by atoms with van der Waals surface area (Å²) in [7, 11) is -1.00. The highest BCUT2D eigenvalue weighted by Crippen LogP contribution is 2.11. The van der Waals surface area contributed by atoms with Crippen molar-refractivity contribution in [2.24, 2.45) is 0 Å². The van der Waals surface area contributed by atoms with Gasteiger partial charge in [-0.15, -0.1) is 0 Å². The molecule has 2 N–H and O–H groups in total. The maximum atomic E-state index is 11.7. The molecule has 0 aromatic carbocycles. The third-order valence-corrected chi connectivity index (χ3v) is 4.79. The summed E-state index contributed by atoms with van der Waals surface area (Å²) in [5, 5.41) is 11.6. The van der Waals surface area contributed by atoms with Crippen LogP contribution in [0.25, 0.3) is 0 Å². The van der Waals surface area contributed by atoms with Crippen LogP contribution in [0.15, 0.2) is 33.7 Å². The highest BCUT2D eigenvalue weighted by Gasteiger charge is 2.21. The summed E-state index contributed by atoms with van der Waals surface area (Å²) in [4.78, 5) is 38.7. The maximum absolute atomic E-state index is 11.7. The minimum absolute atomic E-state index is 0. The van der Waals surface area contributed by atoms with Crippen LogP contribution >= 0.6 is 31.9 Å². The minimum Gasteiger partial charge on any atom is -0.475 e. The van der Waals surface area contributed by atoms with Crippen molar-refractivity contribution in [1.82, 2.24) is 30.2 Å². The molecule has 0 saturated carbocycles. The van der Waals surface area contributed by atoms with Crippen LogP contribution in [-0.4, -0.2) is 75.2 Å². The van der Waals surface area contributed by atoms with E-state index in [9.17, 15) is 14.0 Å². The summed E-state index contributed by atoms with van der Waals surface area (Å²) in [6.07, 6.45) is 10.9. The fraction of sp³-hybridized carbons (Fsp3) is 0.500. The van der Waals surface area contributed by atoms with Crippen molar-refractivity contribution < 1.29 is 20.5 Å². The number of nitrogens with zero attached hydrogens (tertiary/aromatic N) is 5. The quantitative estimate of drug-likeness (QED) is 0.546. The van der Waals surface area contributed by atoms with E-state index < -0.39 is 13.1 Å². The van der Waals surface area contributed by atoms with Crippen LogP contribution in [0.2, 0.25) is 0 Å². The standard InChI is InChI=1S/C9H10BrN3O.C5H3BrN2O2.C4H9N.CH3F.CH4/c10-7-5-11-8(12-6-7)9(14)13-3-1-2-4-13;6-3-1-7-4(5(9)10)8-2-3;1-2-4-5-3-1;1-2;/h5-6H,1-4H2;1-2H,(H,9,10);5H,1-4H2;1H3;1H4/i;;;1D;. The van der Waals surface area contributed by atoms with Crippen molar-refractivity contribution >= 4 is 43.7 Å². The lowest BCUT2D eigenvalue weighted by Gasteiger charge is -2.13. The summed E-state index contributed by atoms with van der Waals surface area (Å²) in [6.45, 7) is 4.16. The number of aromatic nitrogens is 4. The predicted octanol–water partition coefficient (Wildman–Crippen LogP) is 4.00. The lowest BCUT2D eigenvalue weighted by Crippen LogP contribution is -2.29. The van der Waals surface area contributed by atoms with Gasteiger partial charge in [0.15, 0.2) is 0 Å². The SMILES string of the molecule is C.C1CCNC1.O=C(O)c1ncc(Br)cn1.O=C(c1ncc(Br)cn1)N1CCCC1.[2H]CF. The number of nitrogens with one attached hydrogen (secondary N) is 1. The van der Waals surface area contributed by atoms with Gasteiger partial charge in [0.25, 0.3) is 5.91 Å². The Hall–Kier alpha value is -2.05. The molecule has 2 aromatic heterocycles. The van der Waals surface area contributed by atoms with Crippen LogP contribution < -0.4 is 5.32 Å². The molecule has 1 amide bonds. The Morgan fingerprint density at radius 3 is 1.72 bits per heavy atom. The second-order valence-electron chi connectivity index (χ2n) is 6.21. The molecule has 4 heterocycles. The smallest absolute Gasteiger partial charge is 0.373 e. The Labute approximate surface area is 205 Å². The summed E-state index contributed by atoms with van der Waals surface area (Å²) < 4.78 is 17.0. The van der Waals surface area contributed by atoms with Crippen LogP contribution in [-0.2, 0) is 0 Å². The molecule has 0 aliphatic carbocycles. The largest absolute Gasteiger partial charge is 0.475 e. The number of halogens is 3. The van der Waals surface area contributed by atoms with Gasteiger partial charge < -0.3 is 15.3 Å². The zero-order valence-electron chi connectivity index (χ0n) is 17.8. The van der Waals surface area contributed by atoms with E-state index in [2.05, 4.69) is 57.1 Å². The fourth-order valence-electron chi connectivity index (χ4n) is 2.53. The second kappa shape index (κ2) is 17.5. The summed E-state index contributed by atoms with van der Waals surface area (Å²) in [6, 6.07) is 0. The molecule has 0 bridgehead atoms. The third-order valence-electron chi connectivity index (χ3n) is 3.97. The van der Waals surface area contributed by atoms with Crippen LogP contribution in [0.5, 0.6) is 0 Å². The van der Waals surface area contributed by atoms with Gasteiger partial charge in [0.1, 0.15) is 0 Å². The van der Waals surface area contributed by atoms with Gasteiger partial charge in [-0.3, -0.25) is 9.18 Å². The van der Waals surface area contributed by atoms with E-state index in [0.717, 1.165) is 30.4 Å². The number of carboxylic acid groups (broad SMARTS) is 1. The number of hydrogen-bond acceptors (Lipinski definition) is 7. The van der Waals surface area contributed by atoms with E-state index in [0.29, 0.717) is 4.47 Å². The highest BCUT2D eigenvalue weighted by atomic mass is 79.9. The van der Waals surface area contributed by atoms with E-state index in [4.69, 9.17) is 6.48 Å². The molecule has 2 aromatic rings. The van der Waals surface area contributed by atoms with Crippen molar-refractivity contribution in [3.63, 3.8) is 0 Å². The van der Waals surface area contributed by atoms with Crippen LogP contribution in [0.4, 0.5) is 4.39 Å². The van der Waals surface area contributed by atoms with Crippen molar-refractivity contribution in [2.75, 3.05) is 33.3 Å². The first kappa shape index (κ1) is 28.0. The molecule has 0 atom stereocenters. The molecule has 0 spiro atoms. The summed E-state index contributed by atoms with van der Waals surface area (Å²) in [5.41, 5.74) is 0. The average Bonchev–Trinajstić information content (AvgIpc) is 3.52. The first-order chi connectivity index (χ1) is 15.4. The van der Waals surface area contributed by atoms with E-state index in [1.807, 2.05) is 0 Å². The zero-order valence-corrected chi connectivity index (χ0v) is 20.0. The van der Waals surface area contributed by atoms with Crippen LogP contribution in [0.1, 0.15) is 55.7 Å². The average molecular weight is 581 g/mol. The Morgan fingerprint density at radius 1 is 0.969 bits per heavy atom. The first-order valence-corrected chi connectivity index (χ1v) is 11.0. The van der Waals surface area contributed by atoms with Crippen molar-refractivity contribution in [3.8, 4) is 0 Å². The van der Waals surface area contributed by atoms with Crippen LogP contribution in [0.3, 0.4) is 0 Å². The third kappa shape index (κ3) is 11.5. The number of rotatable bonds is 2. The molecular weight excluding hydrogens is 551 g/mol. The molecule has 178 valence electrons. The summed E-state index contributed by atoms with van der Waals surface area (Å²) >= 11 is 6.30. The summed E-state index contributed by atoms with van der Waals surface area (Å²) in [5.74, 6) is -1.08. The van der Waals surface area contributed by atoms with Crippen LogP contribution in [0, 0.1) is 0 Å². The molecule has 12 heteroatoms. The van der Waals surface area contributed by atoms with Gasteiger partial charge in [0.2, 0.25) is 11.6 Å². The fourth-order valence-corrected chi connectivity index (χ4v) is 2.94. The van der Waals surface area contributed by atoms with E-state index in [-0.39, 0.29) is 25.0 Å². The lowest BCUT2D eigenvalue weighted by atomic mass is 10.4. The minimum atomic E-state index is -1.12. The highest BCUT2D eigenvalue weighted by molar-refractivity contribution is 9.10. The lowest BCUT2D eigenvalue weighted by molar-refractivity contribution is 0.0682. The molecule has 2 aliphatic rings. The molecular formula is C20H29Br2FN6O3. The molecule has 2 saturated heterocycles. The molecule has 2 fully saturated rings. The Bertz CT molecular complexity index is 801. The van der Waals surface area contributed by atoms with Crippen molar-refractivity contribution in [2.45, 2.75) is 33.1 Å². The maximum Gasteiger partial charge on any atom is 0.373 e. The molecule has 32 heavy (non-hydrogen) atoms. The number of alkyl halides is 1. The van der Waals surface area contributed by atoms with E-state index in [1.54, 1.807) is 17.3 Å². The molecule has 2 aliphatic heterocycles. The Morgan fingerprint density at radius 2 is 1.38 bits per heavy atom. The number of amides is 1. The van der Waals surface area contributed by atoms with Gasteiger partial charge in [-0.25, -0.2) is 24.7 Å². The number of carbonyl (C=O) groups excluding carboxylic acids is 1. The van der Waals surface area contributed by atoms with Gasteiger partial charge in [0.05, 0.1) is 17.5 Å².